The molecule has 0 radical (unpaired) electrons. The van der Waals surface area contributed by atoms with Crippen molar-refractivity contribution in [2.45, 2.75) is 56.4 Å². The van der Waals surface area contributed by atoms with Crippen LogP contribution in [-0.2, 0) is 35.8 Å². The quantitative estimate of drug-likeness (QED) is 0.0643. The van der Waals surface area contributed by atoms with E-state index in [0.717, 1.165) is 46.6 Å². The summed E-state index contributed by atoms with van der Waals surface area (Å²) in [5.74, 6) is -1.85. The molecule has 0 saturated carbocycles. The van der Waals surface area contributed by atoms with E-state index in [4.69, 9.17) is 16.2 Å². The summed E-state index contributed by atoms with van der Waals surface area (Å²) in [6.07, 6.45) is 7.87. The van der Waals surface area contributed by atoms with E-state index in [1.165, 1.54) is 20.0 Å². The summed E-state index contributed by atoms with van der Waals surface area (Å²) in [4.78, 5) is 81.6. The number of rotatable bonds is 7. The molecule has 3 aliphatic rings. The van der Waals surface area contributed by atoms with Gasteiger partial charge in [-0.1, -0.05) is 153 Å². The van der Waals surface area contributed by atoms with Crippen LogP contribution >= 0.6 is 0 Å². The van der Waals surface area contributed by atoms with Gasteiger partial charge in [0, 0.05) is 6.04 Å². The molecule has 0 spiro atoms. The molecule has 2 atom stereocenters. The second-order valence-corrected chi connectivity index (χ2v) is 15.0. The van der Waals surface area contributed by atoms with Crippen molar-refractivity contribution in [1.29, 1.82) is 0 Å². The molecule has 3 heterocycles. The third kappa shape index (κ3) is 13.4. The molecule has 0 bridgehead atoms. The van der Waals surface area contributed by atoms with Gasteiger partial charge in [-0.05, 0) is 65.8 Å². The minimum atomic E-state index is -1.31. The fourth-order valence-electron chi connectivity index (χ4n) is 7.72. The molecule has 9 amide bonds. The summed E-state index contributed by atoms with van der Waals surface area (Å²) < 4.78 is 4.94. The maximum absolute atomic E-state index is 12.0. The van der Waals surface area contributed by atoms with Gasteiger partial charge in [0.1, 0.15) is 0 Å². The topological polar surface area (TPSA) is 232 Å². The fraction of sp³-hybridized carbons (Fsp3) is 0.220. The number of hydrogen-bond donors (Lipinski definition) is 6. The number of esters is 1. The number of hydrogen-bond acceptors (Lipinski definition) is 9. The number of barbiturate groups is 1. The van der Waals surface area contributed by atoms with Crippen LogP contribution in [0.1, 0.15) is 66.3 Å². The number of imide groups is 3. The van der Waals surface area contributed by atoms with Crippen LogP contribution in [0.2, 0.25) is 0 Å². The zero-order valence-corrected chi connectivity index (χ0v) is 36.2. The SMILES string of the molecule is CCC1(c2ccccc2)C(=O)NC(=O)NC1=O.COC(=O)C(c1ccccc1)C1CCCCN1.NC(=O)N1c2ccccc2C=Cc2ccccc21.NC(=O)NC(=O)Cc1ccccc1.[LiH]. The minimum absolute atomic E-state index is 0. The first-order valence-electron chi connectivity index (χ1n) is 21.1. The maximum atomic E-state index is 12.0. The van der Waals surface area contributed by atoms with E-state index < -0.39 is 41.2 Å². The molecule has 15 nitrogen and oxygen atoms in total. The molecule has 338 valence electrons. The van der Waals surface area contributed by atoms with Crippen molar-refractivity contribution >= 4 is 84.2 Å². The van der Waals surface area contributed by atoms with Crippen LogP contribution in [0.3, 0.4) is 0 Å². The third-order valence-corrected chi connectivity index (χ3v) is 10.9. The van der Waals surface area contributed by atoms with Crippen molar-refractivity contribution in [2.75, 3.05) is 18.6 Å². The number of nitrogens with one attached hydrogen (secondary N) is 4. The molecular weight excluding hydrogens is 834 g/mol. The molecule has 2 saturated heterocycles. The normalized spacial score (nSPS) is 15.6. The number of nitrogens with zero attached hydrogens (tertiary/aromatic N) is 1. The Balaban J connectivity index is 0.000000193. The molecule has 3 aliphatic heterocycles. The Morgan fingerprint density at radius 3 is 1.70 bits per heavy atom. The number of benzene rings is 5. The number of piperidine rings is 1. The van der Waals surface area contributed by atoms with Gasteiger partial charge in [0.2, 0.25) is 17.7 Å². The Bertz CT molecular complexity index is 2410. The van der Waals surface area contributed by atoms with Crippen LogP contribution < -0.4 is 37.6 Å². The van der Waals surface area contributed by atoms with Crippen molar-refractivity contribution in [1.82, 2.24) is 21.3 Å². The molecule has 8 N–H and O–H groups in total. The number of urea groups is 3. The van der Waals surface area contributed by atoms with Gasteiger partial charge in [0.05, 0.1) is 30.8 Å². The van der Waals surface area contributed by atoms with E-state index in [1.807, 2.05) is 115 Å². The van der Waals surface area contributed by atoms with Crippen molar-refractivity contribution in [2.24, 2.45) is 11.5 Å². The molecule has 0 aromatic heterocycles. The van der Waals surface area contributed by atoms with Crippen LogP contribution in [0.25, 0.3) is 12.2 Å². The summed E-state index contributed by atoms with van der Waals surface area (Å²) in [6, 6.07) is 41.3. The first-order valence-corrected chi connectivity index (χ1v) is 21.1. The van der Waals surface area contributed by atoms with Gasteiger partial charge in [0.25, 0.3) is 0 Å². The van der Waals surface area contributed by atoms with E-state index in [-0.39, 0.29) is 43.2 Å². The second kappa shape index (κ2) is 25.2. The van der Waals surface area contributed by atoms with Crippen molar-refractivity contribution in [3.05, 3.63) is 167 Å². The number of carbonyl (C=O) groups is 7. The summed E-state index contributed by atoms with van der Waals surface area (Å²) in [5, 5.41) is 9.70. The van der Waals surface area contributed by atoms with Gasteiger partial charge in [-0.25, -0.2) is 14.4 Å². The molecule has 5 aromatic carbocycles. The molecule has 5 aromatic rings. The fourth-order valence-corrected chi connectivity index (χ4v) is 7.72. The van der Waals surface area contributed by atoms with E-state index in [0.29, 0.717) is 12.0 Å². The number of primary amides is 2. The molecule has 66 heavy (non-hydrogen) atoms. The van der Waals surface area contributed by atoms with Gasteiger partial charge in [-0.2, -0.15) is 0 Å². The molecule has 0 aliphatic carbocycles. The van der Waals surface area contributed by atoms with Crippen molar-refractivity contribution in [3.63, 3.8) is 0 Å². The number of para-hydroxylation sites is 2. The predicted molar refractivity (Wildman–Crippen MR) is 255 cm³/mol. The van der Waals surface area contributed by atoms with Crippen molar-refractivity contribution < 1.29 is 38.3 Å². The average Bonchev–Trinajstić information content (AvgIpc) is 3.48. The van der Waals surface area contributed by atoms with Gasteiger partial charge in [0.15, 0.2) is 5.41 Å². The number of carbonyl (C=O) groups excluding carboxylic acids is 7. The predicted octanol–water partition coefficient (Wildman–Crippen LogP) is 5.95. The van der Waals surface area contributed by atoms with Crippen LogP contribution in [0, 0.1) is 0 Å². The Labute approximate surface area is 395 Å². The number of amides is 9. The summed E-state index contributed by atoms with van der Waals surface area (Å²) in [7, 11) is 1.46. The number of fused-ring (bicyclic) bond motifs is 2. The van der Waals surface area contributed by atoms with Crippen LogP contribution in [0.15, 0.2) is 140 Å². The van der Waals surface area contributed by atoms with Crippen LogP contribution in [0.5, 0.6) is 0 Å². The molecular formula is C50H54LiN7O8. The molecule has 16 heteroatoms. The molecule has 8 rings (SSSR count). The first kappa shape index (κ1) is 51.3. The zero-order valence-electron chi connectivity index (χ0n) is 36.2. The van der Waals surface area contributed by atoms with Gasteiger partial charge < -0.3 is 21.5 Å². The third-order valence-electron chi connectivity index (χ3n) is 10.9. The Kier molecular flexibility index (Phi) is 19.6. The van der Waals surface area contributed by atoms with E-state index >= 15 is 0 Å². The van der Waals surface area contributed by atoms with Gasteiger partial charge in [-0.15, -0.1) is 0 Å². The number of nitrogens with two attached hydrogens (primary N) is 2. The average molecular weight is 888 g/mol. The monoisotopic (exact) mass is 887 g/mol. The summed E-state index contributed by atoms with van der Waals surface area (Å²) in [5.41, 5.74) is 15.0. The molecule has 2 unspecified atom stereocenters. The zero-order chi connectivity index (χ0) is 46.8. The summed E-state index contributed by atoms with van der Waals surface area (Å²) in [6.45, 7) is 2.73. The standard InChI is InChI=1S/C15H12N2O.C14H19NO2.C12H12N2O3.C9H10N2O2.Li.H/c16-15(18)17-13-7-3-1-5-11(13)9-10-12-6-2-4-8-14(12)17;1-17-14(16)13(11-7-3-2-4-8-11)12-9-5-6-10-15-12;1-2-12(8-6-4-3-5-7-8)9(15)13-11(17)14-10(12)16;10-9(13)11-8(12)6-7-4-2-1-3-5-7;;/h1-10H,(H2,16,18);2-4,7-8,12-13,15H,5-6,9-10H2,1H3;3-7H,2H2,1H3,(H2,13,14,15,16,17);1-5H,6H2,(H3,10,11,12,13);;. The van der Waals surface area contributed by atoms with E-state index in [1.54, 1.807) is 54.3 Å². The Hall–Kier alpha value is -7.31. The van der Waals surface area contributed by atoms with Crippen molar-refractivity contribution in [3.8, 4) is 0 Å². The van der Waals surface area contributed by atoms with Gasteiger partial charge in [-0.3, -0.25) is 40.0 Å². The molecule has 2 fully saturated rings. The Morgan fingerprint density at radius 1 is 0.727 bits per heavy atom. The first-order chi connectivity index (χ1) is 31.4. The van der Waals surface area contributed by atoms with E-state index in [9.17, 15) is 33.6 Å². The number of ether oxygens (including phenoxy) is 1. The van der Waals surface area contributed by atoms with Crippen LogP contribution in [0.4, 0.5) is 25.8 Å². The summed E-state index contributed by atoms with van der Waals surface area (Å²) >= 11 is 0. The Morgan fingerprint density at radius 2 is 1.23 bits per heavy atom. The number of anilines is 2. The number of methoxy groups -OCH3 is 1. The van der Waals surface area contributed by atoms with E-state index in [2.05, 4.69) is 16.0 Å². The second-order valence-electron chi connectivity index (χ2n) is 15.0. The van der Waals surface area contributed by atoms with Crippen LogP contribution in [-0.4, -0.2) is 80.3 Å². The van der Waals surface area contributed by atoms with Gasteiger partial charge >= 0.3 is 42.9 Å².